The highest BCUT2D eigenvalue weighted by Crippen LogP contribution is 2.49. The van der Waals surface area contributed by atoms with Gasteiger partial charge in [0.2, 0.25) is 5.89 Å². The van der Waals surface area contributed by atoms with Gasteiger partial charge in [-0.3, -0.25) is 9.78 Å². The van der Waals surface area contributed by atoms with Crippen LogP contribution in [0.5, 0.6) is 5.75 Å². The van der Waals surface area contributed by atoms with Gasteiger partial charge in [-0.2, -0.15) is 0 Å². The van der Waals surface area contributed by atoms with E-state index in [0.717, 1.165) is 47.0 Å². The molecule has 3 heterocycles. The lowest BCUT2D eigenvalue weighted by Crippen LogP contribution is -2.35. The Morgan fingerprint density at radius 1 is 1.15 bits per heavy atom. The molecule has 2 aliphatic rings. The number of methoxy groups -OCH3 is 1. The van der Waals surface area contributed by atoms with Crippen molar-refractivity contribution in [2.45, 2.75) is 25.3 Å². The Kier molecular flexibility index (Phi) is 5.76. The van der Waals surface area contributed by atoms with Crippen LogP contribution in [-0.4, -0.2) is 29.5 Å². The van der Waals surface area contributed by atoms with Gasteiger partial charge in [-0.05, 0) is 73.5 Å². The molecular weight excluding hydrogens is 428 g/mol. The number of nitrogens with zero attached hydrogens (tertiary/aromatic N) is 2. The lowest BCUT2D eigenvalue weighted by atomic mass is 9.95. The summed E-state index contributed by atoms with van der Waals surface area (Å²) < 4.78 is 10.8. The normalized spacial score (nSPS) is 14.9. The first-order chi connectivity index (χ1) is 16.6. The van der Waals surface area contributed by atoms with E-state index in [2.05, 4.69) is 32.7 Å². The zero-order valence-corrected chi connectivity index (χ0v) is 19.2. The second kappa shape index (κ2) is 9.02. The Morgan fingerprint density at radius 3 is 2.59 bits per heavy atom. The lowest BCUT2D eigenvalue weighted by molar-refractivity contribution is 0.0930. The van der Waals surface area contributed by atoms with Gasteiger partial charge < -0.3 is 19.8 Å². The average Bonchev–Trinajstić information content (AvgIpc) is 3.37. The van der Waals surface area contributed by atoms with Gasteiger partial charge >= 0.3 is 0 Å². The van der Waals surface area contributed by atoms with Crippen molar-refractivity contribution in [2.24, 2.45) is 0 Å². The third kappa shape index (κ3) is 4.24. The van der Waals surface area contributed by atoms with E-state index in [9.17, 15) is 4.79 Å². The molecule has 0 unspecified atom stereocenters. The molecule has 6 rings (SSSR count). The summed E-state index contributed by atoms with van der Waals surface area (Å²) in [6.45, 7) is 3.00. The number of ether oxygens (including phenoxy) is 1. The first-order valence-corrected chi connectivity index (χ1v) is 11.2. The number of pyridine rings is 1. The number of fused-ring (bicyclic) bond motifs is 1. The third-order valence-corrected chi connectivity index (χ3v) is 6.18. The van der Waals surface area contributed by atoms with Gasteiger partial charge in [-0.15, -0.1) is 0 Å². The molecule has 2 aromatic heterocycles. The smallest absolute Gasteiger partial charge is 0.252 e. The Balaban J connectivity index is 0.000000547. The molecule has 0 spiro atoms. The first kappa shape index (κ1) is 21.7. The second-order valence-electron chi connectivity index (χ2n) is 8.46. The summed E-state index contributed by atoms with van der Waals surface area (Å²) in [5.74, 6) is 1.09. The van der Waals surface area contributed by atoms with Crippen molar-refractivity contribution in [1.82, 2.24) is 20.6 Å². The minimum atomic E-state index is -0.434. The van der Waals surface area contributed by atoms with Crippen LogP contribution in [0.15, 0.2) is 77.8 Å². The van der Waals surface area contributed by atoms with Crippen LogP contribution in [0.3, 0.4) is 0 Å². The van der Waals surface area contributed by atoms with E-state index < -0.39 is 5.54 Å². The average molecular weight is 455 g/mol. The fourth-order valence-corrected chi connectivity index (χ4v) is 4.03. The summed E-state index contributed by atoms with van der Waals surface area (Å²) in [5.41, 5.74) is 3.82. The van der Waals surface area contributed by atoms with Gasteiger partial charge in [-0.25, -0.2) is 4.98 Å². The van der Waals surface area contributed by atoms with Crippen molar-refractivity contribution >= 4 is 16.8 Å². The van der Waals surface area contributed by atoms with E-state index in [0.29, 0.717) is 17.2 Å². The SMILES string of the molecule is C1=CNC1.COc1ccc(C)c(C(=O)NC2(c3cc(-c4ncco4)cc4ncccc34)CC2)c1. The van der Waals surface area contributed by atoms with Crippen molar-refractivity contribution in [3.05, 3.63) is 90.1 Å². The van der Waals surface area contributed by atoms with Crippen molar-refractivity contribution in [1.29, 1.82) is 0 Å². The summed E-state index contributed by atoms with van der Waals surface area (Å²) in [6.07, 6.45) is 10.7. The molecule has 1 amide bonds. The van der Waals surface area contributed by atoms with Crippen molar-refractivity contribution < 1.29 is 13.9 Å². The number of aryl methyl sites for hydroxylation is 1. The number of carbonyl (C=O) groups is 1. The van der Waals surface area contributed by atoms with E-state index in [1.54, 1.807) is 31.8 Å². The van der Waals surface area contributed by atoms with Crippen LogP contribution in [-0.2, 0) is 5.54 Å². The fourth-order valence-electron chi connectivity index (χ4n) is 4.03. The fraction of sp³-hybridized carbons (Fsp3) is 0.222. The Morgan fingerprint density at radius 2 is 1.94 bits per heavy atom. The molecule has 1 saturated carbocycles. The summed E-state index contributed by atoms with van der Waals surface area (Å²) in [4.78, 5) is 22.0. The number of carbonyl (C=O) groups excluding carboxylic acids is 1. The van der Waals surface area contributed by atoms with Crippen LogP contribution >= 0.6 is 0 Å². The standard InChI is InChI=1S/C24H21N3O3.C3H5N/c1-15-5-6-17(29-2)14-19(15)22(28)27-24(7-8-24)20-12-16(23-26-10-11-30-23)13-21-18(20)4-3-9-25-21;1-2-4-3-1/h3-6,9-14H,7-8H2,1-2H3,(H,27,28);1-2,4H,3H2. The monoisotopic (exact) mass is 454 g/mol. The number of hydrogen-bond donors (Lipinski definition) is 2. The Labute approximate surface area is 197 Å². The molecule has 4 aromatic rings. The number of rotatable bonds is 5. The summed E-state index contributed by atoms with van der Waals surface area (Å²) in [5, 5.41) is 7.24. The molecule has 172 valence electrons. The van der Waals surface area contributed by atoms with Gasteiger partial charge in [0.15, 0.2) is 0 Å². The van der Waals surface area contributed by atoms with Crippen molar-refractivity contribution in [2.75, 3.05) is 13.7 Å². The van der Waals surface area contributed by atoms with Crippen LogP contribution in [0, 0.1) is 6.92 Å². The quantitative estimate of drug-likeness (QED) is 0.453. The highest BCUT2D eigenvalue weighted by Gasteiger charge is 2.47. The topological polar surface area (TPSA) is 89.3 Å². The first-order valence-electron chi connectivity index (χ1n) is 11.2. The predicted molar refractivity (Wildman–Crippen MR) is 130 cm³/mol. The van der Waals surface area contributed by atoms with Gasteiger partial charge in [0.25, 0.3) is 5.91 Å². The number of amides is 1. The summed E-state index contributed by atoms with van der Waals surface area (Å²) in [7, 11) is 1.60. The predicted octanol–water partition coefficient (Wildman–Crippen LogP) is 4.73. The molecule has 7 heteroatoms. The van der Waals surface area contributed by atoms with E-state index >= 15 is 0 Å². The lowest BCUT2D eigenvalue weighted by Gasteiger charge is -2.21. The molecule has 1 fully saturated rings. The molecule has 34 heavy (non-hydrogen) atoms. The van der Waals surface area contributed by atoms with Crippen LogP contribution in [0.1, 0.15) is 34.3 Å². The number of aromatic nitrogens is 2. The van der Waals surface area contributed by atoms with Crippen molar-refractivity contribution in [3.63, 3.8) is 0 Å². The minimum absolute atomic E-state index is 0.109. The highest BCUT2D eigenvalue weighted by atomic mass is 16.5. The largest absolute Gasteiger partial charge is 0.497 e. The molecule has 0 bridgehead atoms. The third-order valence-electron chi connectivity index (χ3n) is 6.18. The molecule has 0 saturated heterocycles. The zero-order chi connectivity index (χ0) is 23.5. The molecular formula is C27H26N4O3. The van der Waals surface area contributed by atoms with E-state index in [-0.39, 0.29) is 5.91 Å². The Bertz CT molecular complexity index is 1350. The van der Waals surface area contributed by atoms with Gasteiger partial charge in [-0.1, -0.05) is 12.1 Å². The Hall–Kier alpha value is -4.13. The minimum Gasteiger partial charge on any atom is -0.497 e. The van der Waals surface area contributed by atoms with E-state index in [1.807, 2.05) is 43.5 Å². The van der Waals surface area contributed by atoms with Gasteiger partial charge in [0.1, 0.15) is 12.0 Å². The number of benzene rings is 2. The summed E-state index contributed by atoms with van der Waals surface area (Å²) >= 11 is 0. The molecule has 7 nitrogen and oxygen atoms in total. The molecule has 0 atom stereocenters. The van der Waals surface area contributed by atoms with Gasteiger partial charge in [0.05, 0.1) is 24.4 Å². The molecule has 1 aliphatic carbocycles. The highest BCUT2D eigenvalue weighted by molar-refractivity contribution is 5.97. The van der Waals surface area contributed by atoms with Crippen molar-refractivity contribution in [3.8, 4) is 17.2 Å². The summed E-state index contributed by atoms with van der Waals surface area (Å²) in [6, 6.07) is 13.5. The van der Waals surface area contributed by atoms with Gasteiger partial charge in [0, 0.05) is 29.3 Å². The number of nitrogens with one attached hydrogen (secondary N) is 2. The van der Waals surface area contributed by atoms with E-state index in [1.165, 1.54) is 0 Å². The van der Waals surface area contributed by atoms with Crippen LogP contribution < -0.4 is 15.4 Å². The molecule has 0 radical (unpaired) electrons. The number of hydrogen-bond acceptors (Lipinski definition) is 6. The number of oxazole rings is 1. The zero-order valence-electron chi connectivity index (χ0n) is 19.2. The molecule has 2 aromatic carbocycles. The van der Waals surface area contributed by atoms with Crippen LogP contribution in [0.4, 0.5) is 0 Å². The second-order valence-corrected chi connectivity index (χ2v) is 8.46. The van der Waals surface area contributed by atoms with Crippen LogP contribution in [0.25, 0.3) is 22.4 Å². The molecule has 2 N–H and O–H groups in total. The molecule has 1 aliphatic heterocycles. The maximum Gasteiger partial charge on any atom is 0.252 e. The van der Waals surface area contributed by atoms with E-state index in [4.69, 9.17) is 9.15 Å². The van der Waals surface area contributed by atoms with Crippen LogP contribution in [0.2, 0.25) is 0 Å². The maximum absolute atomic E-state index is 13.2. The maximum atomic E-state index is 13.2.